The van der Waals surface area contributed by atoms with Crippen molar-refractivity contribution in [3.8, 4) is 0 Å². The number of aromatic amines is 1. The second-order valence-electron chi connectivity index (χ2n) is 4.95. The van der Waals surface area contributed by atoms with Crippen LogP contribution in [0, 0.1) is 10.1 Å². The molecular weight excluding hydrogens is 312 g/mol. The third-order valence-electron chi connectivity index (χ3n) is 3.40. The quantitative estimate of drug-likeness (QED) is 0.422. The predicted octanol–water partition coefficient (Wildman–Crippen LogP) is 3.39. The van der Waals surface area contributed by atoms with Gasteiger partial charge in [-0.25, -0.2) is 4.79 Å². The van der Waals surface area contributed by atoms with Crippen molar-refractivity contribution in [2.24, 2.45) is 0 Å². The number of pyridine rings is 1. The van der Waals surface area contributed by atoms with E-state index < -0.39 is 10.9 Å². The van der Waals surface area contributed by atoms with Crippen LogP contribution in [0.3, 0.4) is 0 Å². The number of fused-ring (bicyclic) bond motifs is 1. The standard InChI is InChI=1S/C16H14N4O4/c1-2-24-16(21)13-8-11-12(18-10-4-3-7-17-9-10)5-6-14(20(22)23)15(11)19-13/h3-9,18-19H,2H2,1H3. The fourth-order valence-electron chi connectivity index (χ4n) is 2.38. The van der Waals surface area contributed by atoms with E-state index in [1.54, 1.807) is 37.5 Å². The van der Waals surface area contributed by atoms with Gasteiger partial charge in [0, 0.05) is 23.3 Å². The molecule has 0 bridgehead atoms. The number of carbonyl (C=O) groups is 1. The van der Waals surface area contributed by atoms with Crippen LogP contribution >= 0.6 is 0 Å². The van der Waals surface area contributed by atoms with Gasteiger partial charge in [0.1, 0.15) is 11.2 Å². The molecule has 0 amide bonds. The van der Waals surface area contributed by atoms with Crippen LogP contribution in [0.4, 0.5) is 17.1 Å². The summed E-state index contributed by atoms with van der Waals surface area (Å²) in [7, 11) is 0. The Labute approximate surface area is 136 Å². The van der Waals surface area contributed by atoms with Gasteiger partial charge in [-0.3, -0.25) is 15.1 Å². The molecule has 0 aliphatic rings. The molecule has 3 rings (SSSR count). The van der Waals surface area contributed by atoms with Gasteiger partial charge in [-0.05, 0) is 31.2 Å². The second kappa shape index (κ2) is 6.37. The Bertz CT molecular complexity index is 905. The number of ether oxygens (including phenoxy) is 1. The number of non-ortho nitro benzene ring substituents is 1. The van der Waals surface area contributed by atoms with Gasteiger partial charge in [0.2, 0.25) is 0 Å². The molecule has 0 aliphatic heterocycles. The molecule has 0 unspecified atom stereocenters. The van der Waals surface area contributed by atoms with Crippen molar-refractivity contribution in [3.63, 3.8) is 0 Å². The third kappa shape index (κ3) is 2.89. The minimum Gasteiger partial charge on any atom is -0.461 e. The number of hydrogen-bond acceptors (Lipinski definition) is 6. The average molecular weight is 326 g/mol. The molecule has 0 saturated heterocycles. The maximum Gasteiger partial charge on any atom is 0.354 e. The number of rotatable bonds is 5. The summed E-state index contributed by atoms with van der Waals surface area (Å²) in [4.78, 5) is 29.4. The van der Waals surface area contributed by atoms with E-state index >= 15 is 0 Å². The summed E-state index contributed by atoms with van der Waals surface area (Å²) >= 11 is 0. The van der Waals surface area contributed by atoms with Crippen LogP contribution in [0.15, 0.2) is 42.7 Å². The van der Waals surface area contributed by atoms with E-state index in [9.17, 15) is 14.9 Å². The van der Waals surface area contributed by atoms with E-state index in [1.165, 1.54) is 6.07 Å². The van der Waals surface area contributed by atoms with Crippen molar-refractivity contribution in [2.45, 2.75) is 6.92 Å². The molecule has 0 aliphatic carbocycles. The van der Waals surface area contributed by atoms with E-state index in [0.717, 1.165) is 5.69 Å². The zero-order valence-corrected chi connectivity index (χ0v) is 12.8. The Balaban J connectivity index is 2.11. The molecule has 2 heterocycles. The number of nitro groups is 1. The maximum absolute atomic E-state index is 11.9. The number of benzene rings is 1. The number of H-pyrrole nitrogens is 1. The number of nitrogens with one attached hydrogen (secondary N) is 2. The van der Waals surface area contributed by atoms with Crippen LogP contribution in [-0.4, -0.2) is 27.5 Å². The normalized spacial score (nSPS) is 10.5. The smallest absolute Gasteiger partial charge is 0.354 e. The molecule has 2 aromatic heterocycles. The molecule has 0 fully saturated rings. The molecule has 2 N–H and O–H groups in total. The lowest BCUT2D eigenvalue weighted by Crippen LogP contribution is -2.04. The van der Waals surface area contributed by atoms with Gasteiger partial charge in [-0.1, -0.05) is 0 Å². The molecule has 8 nitrogen and oxygen atoms in total. The van der Waals surface area contributed by atoms with Crippen molar-refractivity contribution in [2.75, 3.05) is 11.9 Å². The Morgan fingerprint density at radius 2 is 2.25 bits per heavy atom. The topological polar surface area (TPSA) is 110 Å². The maximum atomic E-state index is 11.9. The number of anilines is 2. The van der Waals surface area contributed by atoms with Gasteiger partial charge in [-0.2, -0.15) is 0 Å². The van der Waals surface area contributed by atoms with Crippen molar-refractivity contribution in [3.05, 3.63) is 58.5 Å². The zero-order valence-electron chi connectivity index (χ0n) is 12.8. The highest BCUT2D eigenvalue weighted by atomic mass is 16.6. The molecule has 24 heavy (non-hydrogen) atoms. The van der Waals surface area contributed by atoms with Gasteiger partial charge >= 0.3 is 5.97 Å². The van der Waals surface area contributed by atoms with Gasteiger partial charge in [0.25, 0.3) is 5.69 Å². The number of nitro benzene ring substituents is 1. The first kappa shape index (κ1) is 15.5. The van der Waals surface area contributed by atoms with Crippen LogP contribution in [-0.2, 0) is 4.74 Å². The van der Waals surface area contributed by atoms with Crippen molar-refractivity contribution >= 4 is 33.9 Å². The van der Waals surface area contributed by atoms with Gasteiger partial charge in [0.05, 0.1) is 23.4 Å². The zero-order chi connectivity index (χ0) is 17.1. The summed E-state index contributed by atoms with van der Waals surface area (Å²) in [5.41, 5.74) is 1.66. The number of carbonyl (C=O) groups excluding carboxylic acids is 1. The fourth-order valence-corrected chi connectivity index (χ4v) is 2.38. The monoisotopic (exact) mass is 326 g/mol. The van der Waals surface area contributed by atoms with E-state index in [0.29, 0.717) is 11.1 Å². The summed E-state index contributed by atoms with van der Waals surface area (Å²) in [6.45, 7) is 1.91. The van der Waals surface area contributed by atoms with Crippen molar-refractivity contribution in [1.29, 1.82) is 0 Å². The van der Waals surface area contributed by atoms with Gasteiger partial charge in [0.15, 0.2) is 0 Å². The van der Waals surface area contributed by atoms with Crippen LogP contribution in [0.5, 0.6) is 0 Å². The lowest BCUT2D eigenvalue weighted by molar-refractivity contribution is -0.383. The summed E-state index contributed by atoms with van der Waals surface area (Å²) < 4.78 is 4.95. The Kier molecular flexibility index (Phi) is 4.11. The first-order valence-corrected chi connectivity index (χ1v) is 7.24. The summed E-state index contributed by atoms with van der Waals surface area (Å²) in [6.07, 6.45) is 3.28. The Morgan fingerprint density at radius 3 is 2.92 bits per heavy atom. The molecule has 0 spiro atoms. The second-order valence-corrected chi connectivity index (χ2v) is 4.95. The van der Waals surface area contributed by atoms with Crippen molar-refractivity contribution < 1.29 is 14.5 Å². The van der Waals surface area contributed by atoms with E-state index in [-0.39, 0.29) is 23.5 Å². The summed E-state index contributed by atoms with van der Waals surface area (Å²) in [5.74, 6) is -0.560. The van der Waals surface area contributed by atoms with Gasteiger partial charge < -0.3 is 15.0 Å². The molecule has 0 atom stereocenters. The summed E-state index contributed by atoms with van der Waals surface area (Å²) in [6, 6.07) is 8.10. The first-order valence-electron chi connectivity index (χ1n) is 7.24. The summed E-state index contributed by atoms with van der Waals surface area (Å²) in [5, 5.41) is 14.9. The molecule has 1 aromatic carbocycles. The average Bonchev–Trinajstić information content (AvgIpc) is 3.01. The van der Waals surface area contributed by atoms with Crippen LogP contribution in [0.25, 0.3) is 10.9 Å². The Morgan fingerprint density at radius 1 is 1.42 bits per heavy atom. The molecule has 122 valence electrons. The number of esters is 1. The van der Waals surface area contributed by atoms with Crippen molar-refractivity contribution in [1.82, 2.24) is 9.97 Å². The lowest BCUT2D eigenvalue weighted by atomic mass is 10.2. The van der Waals surface area contributed by atoms with Crippen LogP contribution in [0.1, 0.15) is 17.4 Å². The highest BCUT2D eigenvalue weighted by molar-refractivity contribution is 6.04. The third-order valence-corrected chi connectivity index (χ3v) is 3.40. The highest BCUT2D eigenvalue weighted by Crippen LogP contribution is 2.33. The number of aromatic nitrogens is 2. The van der Waals surface area contributed by atoms with Crippen LogP contribution in [0.2, 0.25) is 0 Å². The number of hydrogen-bond donors (Lipinski definition) is 2. The number of nitrogens with zero attached hydrogens (tertiary/aromatic N) is 2. The van der Waals surface area contributed by atoms with E-state index in [4.69, 9.17) is 4.74 Å². The molecule has 3 aromatic rings. The fraction of sp³-hybridized carbons (Fsp3) is 0.125. The molecule has 0 saturated carbocycles. The minimum absolute atomic E-state index is 0.114. The SMILES string of the molecule is CCOC(=O)c1cc2c(Nc3cccnc3)ccc([N+](=O)[O-])c2[nH]1. The Hall–Kier alpha value is -3.42. The lowest BCUT2D eigenvalue weighted by Gasteiger charge is -2.07. The van der Waals surface area contributed by atoms with E-state index in [1.807, 2.05) is 6.07 Å². The minimum atomic E-state index is -0.560. The molecular formula is C16H14N4O4. The highest BCUT2D eigenvalue weighted by Gasteiger charge is 2.20. The molecule has 0 radical (unpaired) electrons. The molecule has 8 heteroatoms. The van der Waals surface area contributed by atoms with E-state index in [2.05, 4.69) is 15.3 Å². The van der Waals surface area contributed by atoms with Gasteiger partial charge in [-0.15, -0.1) is 0 Å². The van der Waals surface area contributed by atoms with Crippen LogP contribution < -0.4 is 5.32 Å². The predicted molar refractivity (Wildman–Crippen MR) is 88.4 cm³/mol. The first-order chi connectivity index (χ1) is 11.6. The largest absolute Gasteiger partial charge is 0.461 e.